The maximum atomic E-state index is 13.1. The van der Waals surface area contributed by atoms with E-state index in [0.717, 1.165) is 50.2 Å². The summed E-state index contributed by atoms with van der Waals surface area (Å²) in [6.45, 7) is 5.00. The van der Waals surface area contributed by atoms with Crippen molar-refractivity contribution < 1.29 is 13.2 Å². The van der Waals surface area contributed by atoms with Gasteiger partial charge < -0.3 is 16.0 Å². The largest absolute Gasteiger partial charge is 0.354 e. The number of hydrogen-bond donors (Lipinski definition) is 4. The maximum Gasteiger partial charge on any atom is 0.258 e. The van der Waals surface area contributed by atoms with Gasteiger partial charge in [0.15, 0.2) is 0 Å². The number of piperazine rings is 1. The standard InChI is InChI=1S/C27H29N5O3S/c1-36(34,35)31-22-11-12-24-23(17-22)25(27(33)30-24)26(20-5-3-2-4-6-20)29-21-9-7-19(8-10-21)18-32-15-13-28-14-16-32/h2-12,17,28-29,31H,13-16,18H2,1H3,(H,30,33)/b26-25-. The molecule has 0 atom stereocenters. The number of carbonyl (C=O) groups is 1. The Balaban J connectivity index is 1.50. The summed E-state index contributed by atoms with van der Waals surface area (Å²) in [5.74, 6) is -0.247. The Bertz CT molecular complexity index is 1400. The van der Waals surface area contributed by atoms with E-state index in [1.807, 2.05) is 42.5 Å². The second-order valence-corrected chi connectivity index (χ2v) is 10.8. The number of hydrogen-bond acceptors (Lipinski definition) is 6. The van der Waals surface area contributed by atoms with Gasteiger partial charge in [-0.3, -0.25) is 14.4 Å². The van der Waals surface area contributed by atoms with Crippen molar-refractivity contribution in [1.82, 2.24) is 10.2 Å². The number of fused-ring (bicyclic) bond motifs is 1. The number of nitrogens with zero attached hydrogens (tertiary/aromatic N) is 1. The van der Waals surface area contributed by atoms with Crippen molar-refractivity contribution in [2.45, 2.75) is 6.54 Å². The van der Waals surface area contributed by atoms with Gasteiger partial charge in [0.05, 0.1) is 17.5 Å². The number of carbonyl (C=O) groups excluding carboxylic acids is 1. The van der Waals surface area contributed by atoms with Crippen LogP contribution in [0.25, 0.3) is 11.3 Å². The molecule has 3 aromatic rings. The third-order valence-corrected chi connectivity index (χ3v) is 6.83. The van der Waals surface area contributed by atoms with Gasteiger partial charge in [0.25, 0.3) is 5.91 Å². The predicted octanol–water partition coefficient (Wildman–Crippen LogP) is 3.40. The van der Waals surface area contributed by atoms with E-state index >= 15 is 0 Å². The van der Waals surface area contributed by atoms with Gasteiger partial charge in [-0.05, 0) is 41.5 Å². The molecule has 5 rings (SSSR count). The third-order valence-electron chi connectivity index (χ3n) is 6.22. The Morgan fingerprint density at radius 1 is 0.944 bits per heavy atom. The SMILES string of the molecule is CS(=O)(=O)Nc1ccc2c(c1)/C(=C(/Nc1ccc(CN3CCNCC3)cc1)c1ccccc1)C(=O)N2. The fourth-order valence-corrected chi connectivity index (χ4v) is 5.10. The molecule has 0 aliphatic carbocycles. The number of anilines is 3. The third kappa shape index (κ3) is 5.59. The molecule has 0 aromatic heterocycles. The summed E-state index contributed by atoms with van der Waals surface area (Å²) in [5.41, 5.74) is 5.72. The molecule has 1 fully saturated rings. The van der Waals surface area contributed by atoms with Crippen LogP contribution < -0.4 is 20.7 Å². The summed E-state index contributed by atoms with van der Waals surface area (Å²) >= 11 is 0. The fraction of sp³-hybridized carbons (Fsp3) is 0.222. The fourth-order valence-electron chi connectivity index (χ4n) is 4.54. The van der Waals surface area contributed by atoms with E-state index in [9.17, 15) is 13.2 Å². The van der Waals surface area contributed by atoms with Crippen LogP contribution in [0.5, 0.6) is 0 Å². The second-order valence-electron chi connectivity index (χ2n) is 9.05. The van der Waals surface area contributed by atoms with Gasteiger partial charge in [-0.2, -0.15) is 0 Å². The highest BCUT2D eigenvalue weighted by molar-refractivity contribution is 7.92. The van der Waals surface area contributed by atoms with Crippen molar-refractivity contribution in [1.29, 1.82) is 0 Å². The summed E-state index contributed by atoms with van der Waals surface area (Å²) in [7, 11) is -3.46. The average Bonchev–Trinajstić information content (AvgIpc) is 3.18. The Labute approximate surface area is 211 Å². The van der Waals surface area contributed by atoms with Crippen LogP contribution in [-0.2, 0) is 21.4 Å². The molecule has 0 bridgehead atoms. The van der Waals surface area contributed by atoms with Gasteiger partial charge >= 0.3 is 0 Å². The lowest BCUT2D eigenvalue weighted by Gasteiger charge is -2.27. The zero-order valence-corrected chi connectivity index (χ0v) is 20.9. The Kier molecular flexibility index (Phi) is 6.77. The molecule has 2 aliphatic heterocycles. The first kappa shape index (κ1) is 24.1. The number of benzene rings is 3. The smallest absolute Gasteiger partial charge is 0.258 e. The van der Waals surface area contributed by atoms with Crippen LogP contribution >= 0.6 is 0 Å². The molecule has 9 heteroatoms. The summed E-state index contributed by atoms with van der Waals surface area (Å²) in [6.07, 6.45) is 1.10. The summed E-state index contributed by atoms with van der Waals surface area (Å²) in [4.78, 5) is 15.6. The first-order chi connectivity index (χ1) is 17.4. The summed E-state index contributed by atoms with van der Waals surface area (Å²) < 4.78 is 26.0. The lowest BCUT2D eigenvalue weighted by Crippen LogP contribution is -2.42. The van der Waals surface area contributed by atoms with E-state index in [-0.39, 0.29) is 5.91 Å². The molecule has 3 aromatic carbocycles. The first-order valence-electron chi connectivity index (χ1n) is 11.9. The van der Waals surface area contributed by atoms with Gasteiger partial charge in [0.1, 0.15) is 0 Å². The van der Waals surface area contributed by atoms with Crippen LogP contribution in [0, 0.1) is 0 Å². The lowest BCUT2D eigenvalue weighted by molar-refractivity contribution is -0.110. The molecular weight excluding hydrogens is 474 g/mol. The van der Waals surface area contributed by atoms with Crippen LogP contribution in [0.1, 0.15) is 16.7 Å². The molecule has 0 radical (unpaired) electrons. The molecule has 2 heterocycles. The van der Waals surface area contributed by atoms with Crippen molar-refractivity contribution in [2.24, 2.45) is 0 Å². The van der Waals surface area contributed by atoms with E-state index in [1.54, 1.807) is 18.2 Å². The van der Waals surface area contributed by atoms with Crippen LogP contribution in [0.2, 0.25) is 0 Å². The van der Waals surface area contributed by atoms with Crippen molar-refractivity contribution in [3.63, 3.8) is 0 Å². The molecule has 2 aliphatic rings. The highest BCUT2D eigenvalue weighted by atomic mass is 32.2. The van der Waals surface area contributed by atoms with Crippen molar-refractivity contribution >= 4 is 44.3 Å². The molecular formula is C27H29N5O3S. The summed E-state index contributed by atoms with van der Waals surface area (Å²) in [5, 5.41) is 9.74. The zero-order chi connectivity index (χ0) is 25.1. The number of nitrogens with one attached hydrogen (secondary N) is 4. The molecule has 1 saturated heterocycles. The highest BCUT2D eigenvalue weighted by Gasteiger charge is 2.29. The lowest BCUT2D eigenvalue weighted by atomic mass is 9.99. The molecule has 186 valence electrons. The minimum absolute atomic E-state index is 0.247. The molecule has 1 amide bonds. The zero-order valence-electron chi connectivity index (χ0n) is 20.0. The molecule has 36 heavy (non-hydrogen) atoms. The minimum atomic E-state index is -3.46. The normalized spacial score (nSPS) is 17.3. The van der Waals surface area contributed by atoms with Crippen LogP contribution in [0.4, 0.5) is 17.1 Å². The molecule has 0 unspecified atom stereocenters. The molecule has 0 saturated carbocycles. The van der Waals surface area contributed by atoms with Crippen LogP contribution in [-0.4, -0.2) is 51.7 Å². The van der Waals surface area contributed by atoms with E-state index in [0.29, 0.717) is 28.2 Å². The second kappa shape index (κ2) is 10.1. The van der Waals surface area contributed by atoms with Gasteiger partial charge in [-0.1, -0.05) is 42.5 Å². The number of rotatable bonds is 7. The number of sulfonamides is 1. The number of amides is 1. The molecule has 0 spiro atoms. The first-order valence-corrected chi connectivity index (χ1v) is 13.8. The Morgan fingerprint density at radius 3 is 2.33 bits per heavy atom. The topological polar surface area (TPSA) is 103 Å². The summed E-state index contributed by atoms with van der Waals surface area (Å²) in [6, 6.07) is 22.9. The van der Waals surface area contributed by atoms with Crippen LogP contribution in [0.15, 0.2) is 72.8 Å². The quantitative estimate of drug-likeness (QED) is 0.369. The van der Waals surface area contributed by atoms with Gasteiger partial charge in [-0.15, -0.1) is 0 Å². The average molecular weight is 504 g/mol. The Morgan fingerprint density at radius 2 is 1.64 bits per heavy atom. The predicted molar refractivity (Wildman–Crippen MR) is 145 cm³/mol. The van der Waals surface area contributed by atoms with E-state index in [2.05, 4.69) is 37.7 Å². The Hall–Kier alpha value is -3.66. The van der Waals surface area contributed by atoms with E-state index in [1.165, 1.54) is 5.56 Å². The van der Waals surface area contributed by atoms with Gasteiger partial charge in [0, 0.05) is 55.3 Å². The molecule has 8 nitrogen and oxygen atoms in total. The highest BCUT2D eigenvalue weighted by Crippen LogP contribution is 2.39. The molecule has 4 N–H and O–H groups in total. The monoisotopic (exact) mass is 503 g/mol. The van der Waals surface area contributed by atoms with Gasteiger partial charge in [0.2, 0.25) is 10.0 Å². The maximum absolute atomic E-state index is 13.1. The van der Waals surface area contributed by atoms with Crippen LogP contribution in [0.3, 0.4) is 0 Å². The van der Waals surface area contributed by atoms with Crippen molar-refractivity contribution in [3.05, 3.63) is 89.5 Å². The van der Waals surface area contributed by atoms with Crippen molar-refractivity contribution in [2.75, 3.05) is 47.8 Å². The van der Waals surface area contributed by atoms with E-state index < -0.39 is 10.0 Å². The van der Waals surface area contributed by atoms with Gasteiger partial charge in [-0.25, -0.2) is 8.42 Å². The van der Waals surface area contributed by atoms with E-state index in [4.69, 9.17) is 0 Å². The minimum Gasteiger partial charge on any atom is -0.354 e. The van der Waals surface area contributed by atoms with Crippen molar-refractivity contribution in [3.8, 4) is 0 Å².